The molecule has 6 aromatic carbocycles. The molecular formula is C49H32N4O6S2-2. The van der Waals surface area contributed by atoms with Gasteiger partial charge in [0.25, 0.3) is 0 Å². The number of aryl methyl sites for hydroxylation is 1. The molecule has 0 aliphatic rings. The Morgan fingerprint density at radius 3 is 1.20 bits per heavy atom. The lowest BCUT2D eigenvalue weighted by atomic mass is 9.96. The van der Waals surface area contributed by atoms with Gasteiger partial charge in [-0.2, -0.15) is 4.33 Å². The summed E-state index contributed by atoms with van der Waals surface area (Å²) in [6.07, 6.45) is 7.16. The summed E-state index contributed by atoms with van der Waals surface area (Å²) < 4.78 is 38.1. The van der Waals surface area contributed by atoms with Crippen LogP contribution in [0.4, 0.5) is 0 Å². The van der Waals surface area contributed by atoms with E-state index in [1.54, 1.807) is 24.5 Å². The number of hydrogen-bond donors (Lipinski definition) is 0. The number of rotatable bonds is 8. The zero-order valence-electron chi connectivity index (χ0n) is 32.3. The van der Waals surface area contributed by atoms with E-state index in [1.807, 2.05) is 67.0 Å². The van der Waals surface area contributed by atoms with Crippen LogP contribution < -0.4 is 5.26 Å². The zero-order chi connectivity index (χ0) is 41.9. The summed E-state index contributed by atoms with van der Waals surface area (Å²) in [5, 5.41) is 17.4. The Hall–Kier alpha value is -6.90. The van der Waals surface area contributed by atoms with E-state index in [9.17, 15) is 18.2 Å². The number of pyridine rings is 4. The molecule has 12 heteroatoms. The quantitative estimate of drug-likeness (QED) is 0.0473. The summed E-state index contributed by atoms with van der Waals surface area (Å²) in [5.74, 6) is 0. The van der Waals surface area contributed by atoms with E-state index in [4.69, 9.17) is 0 Å². The van der Waals surface area contributed by atoms with E-state index in [-0.39, 0.29) is 4.90 Å². The first kappa shape index (κ1) is 39.6. The highest BCUT2D eigenvalue weighted by Crippen LogP contribution is 2.37. The predicted octanol–water partition coefficient (Wildman–Crippen LogP) is 10.7. The monoisotopic (exact) mass is 836 g/mol. The van der Waals surface area contributed by atoms with Crippen LogP contribution in [-0.4, -0.2) is 32.9 Å². The molecule has 0 atom stereocenters. The first-order valence-electron chi connectivity index (χ1n) is 19.0. The largest absolute Gasteiger partial charge is 0.744 e. The van der Waals surface area contributed by atoms with Crippen LogP contribution in [0.1, 0.15) is 5.56 Å². The van der Waals surface area contributed by atoms with E-state index in [1.165, 1.54) is 39.9 Å². The maximum absolute atomic E-state index is 11.3. The molecule has 0 radical (unpaired) electrons. The van der Waals surface area contributed by atoms with Crippen LogP contribution in [0, 0.1) is 6.92 Å². The lowest BCUT2D eigenvalue weighted by molar-refractivity contribution is -0.777. The van der Waals surface area contributed by atoms with Crippen LogP contribution in [0.2, 0.25) is 0 Å². The molecule has 4 heterocycles. The summed E-state index contributed by atoms with van der Waals surface area (Å²) in [7, 11) is -4.51. The zero-order valence-corrected chi connectivity index (χ0v) is 33.9. The van der Waals surface area contributed by atoms with E-state index < -0.39 is 10.1 Å². The molecule has 0 saturated heterocycles. The Morgan fingerprint density at radius 2 is 0.820 bits per heavy atom. The highest BCUT2D eigenvalue weighted by molar-refractivity contribution is 7.94. The normalized spacial score (nSPS) is 11.5. The molecule has 0 fully saturated rings. The number of fused-ring (bicyclic) bond motifs is 6. The number of nitrogens with zero attached hydrogens (tertiary/aromatic N) is 4. The van der Waals surface area contributed by atoms with Crippen molar-refractivity contribution in [1.29, 1.82) is 0 Å². The summed E-state index contributed by atoms with van der Waals surface area (Å²) in [5.41, 5.74) is 12.9. The molecule has 0 saturated carbocycles. The average Bonchev–Trinajstić information content (AvgIpc) is 3.30. The summed E-state index contributed by atoms with van der Waals surface area (Å²) in [6, 6.07) is 48.5. The Labute approximate surface area is 355 Å². The fourth-order valence-corrected chi connectivity index (χ4v) is 8.38. The van der Waals surface area contributed by atoms with Gasteiger partial charge in [0.1, 0.15) is 10.1 Å². The topological polar surface area (TPSA) is 150 Å². The van der Waals surface area contributed by atoms with Crippen molar-refractivity contribution in [2.45, 2.75) is 16.7 Å². The molecule has 0 aliphatic heterocycles. The maximum atomic E-state index is 11.3. The second-order valence-corrected chi connectivity index (χ2v) is 16.3. The van der Waals surface area contributed by atoms with Crippen LogP contribution in [-0.2, 0) is 19.5 Å². The molecule has 298 valence electrons. The van der Waals surface area contributed by atoms with Gasteiger partial charge in [-0.3, -0.25) is 25.0 Å². The highest BCUT2D eigenvalue weighted by Gasteiger charge is 2.14. The Morgan fingerprint density at radius 1 is 0.459 bits per heavy atom. The second-order valence-electron chi connectivity index (χ2n) is 14.1. The predicted molar refractivity (Wildman–Crippen MR) is 237 cm³/mol. The summed E-state index contributed by atoms with van der Waals surface area (Å²) in [4.78, 5) is 18.9. The van der Waals surface area contributed by atoms with Crippen LogP contribution >= 0.6 is 12.0 Å². The first-order valence-corrected chi connectivity index (χ1v) is 21.2. The Balaban J connectivity index is 0.000000160. The standard InChI is InChI=1S/C25H18N2.C24H16N2O6S2/c1-17-7-9-19(10-8-17)21-14-16-27-25-23(21)12-11-22-20(13-15-26-24(22)25)18-5-3-2-4-6-18;27-31-32-33-17-5-1-15(2-6-17)19-11-13-25-23-21(19)9-10-22-20(12-14-26-24(22)23)16-3-7-18(8-4-16)34(28,29)30/h2-16H,1H3;1-14,27H,(H,28,29,30)/p-2. The van der Waals surface area contributed by atoms with Crippen molar-refractivity contribution in [2.75, 3.05) is 0 Å². The SMILES string of the molecule is Cc1ccc(-c2ccnc3c2ccc2c(-c4ccccc4)ccnc23)cc1.O=S(=O)([O-])c1ccc(-c2ccnc3c2ccc2c(-c4ccc(SOO[O-])cc4)ccnc23)cc1. The minimum atomic E-state index is -4.51. The highest BCUT2D eigenvalue weighted by atomic mass is 32.2. The average molecular weight is 837 g/mol. The number of hydrogen-bond acceptors (Lipinski definition) is 11. The molecular weight excluding hydrogens is 805 g/mol. The molecule has 10 aromatic rings. The van der Waals surface area contributed by atoms with Crippen molar-refractivity contribution in [3.05, 3.63) is 182 Å². The van der Waals surface area contributed by atoms with Crippen molar-refractivity contribution in [3.8, 4) is 44.5 Å². The number of benzene rings is 6. The molecule has 0 unspecified atom stereocenters. The smallest absolute Gasteiger partial charge is 0.124 e. The molecule has 10 rings (SSSR count). The van der Waals surface area contributed by atoms with Crippen LogP contribution in [0.25, 0.3) is 88.1 Å². The Kier molecular flexibility index (Phi) is 11.0. The van der Waals surface area contributed by atoms with E-state index >= 15 is 0 Å². The van der Waals surface area contributed by atoms with Gasteiger partial charge < -0.3 is 9.81 Å². The third-order valence-electron chi connectivity index (χ3n) is 10.5. The van der Waals surface area contributed by atoms with Gasteiger partial charge in [-0.15, -0.1) is 0 Å². The Bertz CT molecular complexity index is 3320. The van der Waals surface area contributed by atoms with Crippen LogP contribution in [0.5, 0.6) is 0 Å². The van der Waals surface area contributed by atoms with Gasteiger partial charge in [-0.1, -0.05) is 109 Å². The third kappa shape index (κ3) is 8.07. The van der Waals surface area contributed by atoms with Crippen molar-refractivity contribution in [2.24, 2.45) is 0 Å². The fraction of sp³-hybridized carbons (Fsp3) is 0.0204. The van der Waals surface area contributed by atoms with Crippen LogP contribution in [0.3, 0.4) is 0 Å². The van der Waals surface area contributed by atoms with Gasteiger partial charge in [0, 0.05) is 51.2 Å². The summed E-state index contributed by atoms with van der Waals surface area (Å²) >= 11 is 0.824. The molecule has 4 aromatic heterocycles. The molecule has 0 amide bonds. The van der Waals surface area contributed by atoms with E-state index in [0.29, 0.717) is 10.4 Å². The molecule has 0 N–H and O–H groups in total. The molecule has 0 bridgehead atoms. The van der Waals surface area contributed by atoms with Gasteiger partial charge in [0.2, 0.25) is 0 Å². The van der Waals surface area contributed by atoms with Gasteiger partial charge in [-0.25, -0.2) is 8.42 Å². The summed E-state index contributed by atoms with van der Waals surface area (Å²) in [6.45, 7) is 2.11. The first-order chi connectivity index (χ1) is 29.8. The van der Waals surface area contributed by atoms with Crippen LogP contribution in [0.15, 0.2) is 186 Å². The van der Waals surface area contributed by atoms with Gasteiger partial charge >= 0.3 is 0 Å². The second kappa shape index (κ2) is 17.0. The molecule has 0 spiro atoms. The maximum Gasteiger partial charge on any atom is 0.124 e. The third-order valence-corrected chi connectivity index (χ3v) is 11.9. The van der Waals surface area contributed by atoms with E-state index in [0.717, 1.165) is 72.4 Å². The molecule has 61 heavy (non-hydrogen) atoms. The van der Waals surface area contributed by atoms with Gasteiger partial charge in [0.15, 0.2) is 0 Å². The molecule has 10 nitrogen and oxygen atoms in total. The van der Waals surface area contributed by atoms with E-state index in [2.05, 4.69) is 109 Å². The number of aromatic nitrogens is 4. The van der Waals surface area contributed by atoms with Crippen molar-refractivity contribution in [1.82, 2.24) is 19.9 Å². The lowest BCUT2D eigenvalue weighted by Crippen LogP contribution is -2.00. The minimum absolute atomic E-state index is 0.275. The van der Waals surface area contributed by atoms with Crippen molar-refractivity contribution in [3.63, 3.8) is 0 Å². The van der Waals surface area contributed by atoms with Gasteiger partial charge in [0.05, 0.1) is 39.0 Å². The fourth-order valence-electron chi connectivity index (χ4n) is 7.56. The lowest BCUT2D eigenvalue weighted by Gasteiger charge is -2.12. The van der Waals surface area contributed by atoms with Gasteiger partial charge in [-0.05, 0) is 100.0 Å². The minimum Gasteiger partial charge on any atom is -0.744 e. The molecule has 0 aliphatic carbocycles. The van der Waals surface area contributed by atoms with Crippen molar-refractivity contribution < 1.29 is 27.6 Å². The van der Waals surface area contributed by atoms with Crippen molar-refractivity contribution >= 4 is 65.8 Å².